The topological polar surface area (TPSA) is 35.5 Å². The maximum atomic E-state index is 12.5. The van der Waals surface area contributed by atoms with Crippen molar-refractivity contribution < 1.29 is 14.3 Å². The van der Waals surface area contributed by atoms with E-state index in [1.54, 1.807) is 11.8 Å². The Kier molecular flexibility index (Phi) is 9.20. The van der Waals surface area contributed by atoms with Crippen LogP contribution in [0, 0.1) is 11.8 Å². The first-order valence-electron chi connectivity index (χ1n) is 9.70. The van der Waals surface area contributed by atoms with E-state index in [9.17, 15) is 4.79 Å². The lowest BCUT2D eigenvalue weighted by atomic mass is 9.81. The first kappa shape index (κ1) is 22.3. The summed E-state index contributed by atoms with van der Waals surface area (Å²) in [6.07, 6.45) is 11.1. The lowest BCUT2D eigenvalue weighted by molar-refractivity contribution is -0.138. The van der Waals surface area contributed by atoms with Crippen molar-refractivity contribution in [3.05, 3.63) is 45.6 Å². The zero-order valence-electron chi connectivity index (χ0n) is 16.8. The standard InChI is InChI=1S/C22H31ClO3S/c1-5-26-22(24)20-13-15(2)9-10-18-16(3)17(14-25-11-12-27-4)7-6-8-19(18)21(20)23/h6,8,13,16-17H,5,7,9-12,14H2,1-4H3. The molecule has 0 aromatic rings. The fourth-order valence-corrected chi connectivity index (χ4v) is 4.18. The molecule has 2 aliphatic rings. The second kappa shape index (κ2) is 11.1. The predicted molar refractivity (Wildman–Crippen MR) is 115 cm³/mol. The first-order valence-corrected chi connectivity index (χ1v) is 11.5. The first-order chi connectivity index (χ1) is 13.0. The normalized spacial score (nSPS) is 23.4. The highest BCUT2D eigenvalue weighted by atomic mass is 35.5. The van der Waals surface area contributed by atoms with Crippen LogP contribution in [0.3, 0.4) is 0 Å². The number of hydrogen-bond donors (Lipinski definition) is 0. The van der Waals surface area contributed by atoms with Gasteiger partial charge in [0.15, 0.2) is 0 Å². The Hall–Kier alpha value is -0.970. The minimum atomic E-state index is -0.349. The monoisotopic (exact) mass is 410 g/mol. The number of thioether (sulfide) groups is 1. The number of carbonyl (C=O) groups is 1. The van der Waals surface area contributed by atoms with Crippen LogP contribution in [0.2, 0.25) is 0 Å². The molecule has 2 rings (SSSR count). The van der Waals surface area contributed by atoms with Crippen LogP contribution in [0.15, 0.2) is 45.6 Å². The van der Waals surface area contributed by atoms with Gasteiger partial charge in [0.25, 0.3) is 0 Å². The molecule has 0 aromatic carbocycles. The molecule has 0 spiro atoms. The summed E-state index contributed by atoms with van der Waals surface area (Å²) in [5.41, 5.74) is 3.93. The number of allylic oxidation sites excluding steroid dienone is 6. The van der Waals surface area contributed by atoms with Crippen molar-refractivity contribution in [2.45, 2.75) is 40.0 Å². The van der Waals surface area contributed by atoms with Crippen LogP contribution in [-0.2, 0) is 14.3 Å². The van der Waals surface area contributed by atoms with Gasteiger partial charge < -0.3 is 9.47 Å². The fourth-order valence-electron chi connectivity index (χ4n) is 3.58. The van der Waals surface area contributed by atoms with Gasteiger partial charge in [-0.25, -0.2) is 4.79 Å². The second-order valence-electron chi connectivity index (χ2n) is 7.13. The highest BCUT2D eigenvalue weighted by molar-refractivity contribution is 7.98. The number of rotatable bonds is 7. The van der Waals surface area contributed by atoms with E-state index in [1.807, 2.05) is 13.0 Å². The molecule has 27 heavy (non-hydrogen) atoms. The van der Waals surface area contributed by atoms with Gasteiger partial charge in [0.05, 0.1) is 30.4 Å². The molecule has 2 atom stereocenters. The average Bonchev–Trinajstić information content (AvgIpc) is 2.79. The van der Waals surface area contributed by atoms with E-state index in [0.29, 0.717) is 29.0 Å². The van der Waals surface area contributed by atoms with E-state index in [4.69, 9.17) is 21.1 Å². The third-order valence-electron chi connectivity index (χ3n) is 5.24. The number of carbonyl (C=O) groups excluding carboxylic acids is 1. The maximum Gasteiger partial charge on any atom is 0.339 e. The summed E-state index contributed by atoms with van der Waals surface area (Å²) in [4.78, 5) is 12.5. The van der Waals surface area contributed by atoms with Crippen LogP contribution >= 0.6 is 23.4 Å². The van der Waals surface area contributed by atoms with E-state index in [2.05, 4.69) is 32.3 Å². The molecule has 0 bridgehead atoms. The molecule has 0 aliphatic heterocycles. The summed E-state index contributed by atoms with van der Waals surface area (Å²) >= 11 is 8.55. The second-order valence-corrected chi connectivity index (χ2v) is 8.50. The molecule has 0 saturated heterocycles. The molecule has 0 fully saturated rings. The Balaban J connectivity index is 2.34. The minimum Gasteiger partial charge on any atom is -0.462 e. The number of ether oxygens (including phenoxy) is 2. The van der Waals surface area contributed by atoms with Crippen LogP contribution in [0.1, 0.15) is 40.0 Å². The molecule has 3 nitrogen and oxygen atoms in total. The van der Waals surface area contributed by atoms with Gasteiger partial charge in [-0.15, -0.1) is 0 Å². The zero-order chi connectivity index (χ0) is 19.8. The molecule has 0 N–H and O–H groups in total. The Morgan fingerprint density at radius 3 is 2.85 bits per heavy atom. The molecule has 0 aromatic heterocycles. The quantitative estimate of drug-likeness (QED) is 0.400. The molecule has 2 unspecified atom stereocenters. The predicted octanol–water partition coefficient (Wildman–Crippen LogP) is 5.67. The Morgan fingerprint density at radius 2 is 2.15 bits per heavy atom. The molecular weight excluding hydrogens is 380 g/mol. The molecule has 2 aliphatic carbocycles. The fraction of sp³-hybridized carbons (Fsp3) is 0.591. The van der Waals surface area contributed by atoms with Gasteiger partial charge in [-0.3, -0.25) is 0 Å². The molecule has 150 valence electrons. The number of halogens is 1. The molecule has 0 heterocycles. The molecular formula is C22H31ClO3S. The summed E-state index contributed by atoms with van der Waals surface area (Å²) in [6.45, 7) is 8.01. The summed E-state index contributed by atoms with van der Waals surface area (Å²) in [5, 5.41) is 0.509. The molecule has 5 heteroatoms. The maximum absolute atomic E-state index is 12.5. The summed E-state index contributed by atoms with van der Waals surface area (Å²) in [5.74, 6) is 1.45. The van der Waals surface area contributed by atoms with Crippen LogP contribution in [0.4, 0.5) is 0 Å². The van der Waals surface area contributed by atoms with Crippen LogP contribution in [-0.4, -0.2) is 37.8 Å². The van der Waals surface area contributed by atoms with Crippen LogP contribution in [0.5, 0.6) is 0 Å². The summed E-state index contributed by atoms with van der Waals surface area (Å²) in [6, 6.07) is 0. The Bertz CT molecular complexity index is 660. The van der Waals surface area contributed by atoms with E-state index in [-0.39, 0.29) is 5.97 Å². The van der Waals surface area contributed by atoms with Gasteiger partial charge in [-0.05, 0) is 62.9 Å². The van der Waals surface area contributed by atoms with Gasteiger partial charge in [-0.2, -0.15) is 11.8 Å². The van der Waals surface area contributed by atoms with Gasteiger partial charge in [0.1, 0.15) is 0 Å². The van der Waals surface area contributed by atoms with Gasteiger partial charge in [0.2, 0.25) is 0 Å². The molecule has 0 saturated carbocycles. The third kappa shape index (κ3) is 6.00. The van der Waals surface area contributed by atoms with Gasteiger partial charge >= 0.3 is 5.97 Å². The Labute approximate surface area is 172 Å². The van der Waals surface area contributed by atoms with Crippen molar-refractivity contribution in [3.8, 4) is 0 Å². The van der Waals surface area contributed by atoms with E-state index >= 15 is 0 Å². The van der Waals surface area contributed by atoms with Crippen molar-refractivity contribution in [2.75, 3.05) is 31.8 Å². The van der Waals surface area contributed by atoms with Crippen molar-refractivity contribution in [3.63, 3.8) is 0 Å². The largest absolute Gasteiger partial charge is 0.462 e. The smallest absolute Gasteiger partial charge is 0.339 e. The van der Waals surface area contributed by atoms with Crippen LogP contribution < -0.4 is 0 Å². The lowest BCUT2D eigenvalue weighted by Gasteiger charge is -2.27. The average molecular weight is 411 g/mol. The van der Waals surface area contributed by atoms with Crippen molar-refractivity contribution in [1.29, 1.82) is 0 Å². The van der Waals surface area contributed by atoms with Gasteiger partial charge in [0, 0.05) is 5.75 Å². The number of hydrogen-bond acceptors (Lipinski definition) is 4. The van der Waals surface area contributed by atoms with Crippen molar-refractivity contribution in [1.82, 2.24) is 0 Å². The SMILES string of the molecule is CCOC(=O)C1=C(Cl)C2=C(CCC(C)=C1)C(C)C(COCCSC)CC=C2. The molecule has 0 amide bonds. The molecule has 0 radical (unpaired) electrons. The zero-order valence-corrected chi connectivity index (χ0v) is 18.4. The van der Waals surface area contributed by atoms with Gasteiger partial charge in [-0.1, -0.05) is 41.8 Å². The number of esters is 1. The van der Waals surface area contributed by atoms with E-state index in [0.717, 1.165) is 49.4 Å². The Morgan fingerprint density at radius 1 is 1.37 bits per heavy atom. The third-order valence-corrected chi connectivity index (χ3v) is 6.22. The summed E-state index contributed by atoms with van der Waals surface area (Å²) < 4.78 is 11.1. The van der Waals surface area contributed by atoms with Crippen molar-refractivity contribution in [2.24, 2.45) is 11.8 Å². The van der Waals surface area contributed by atoms with Crippen molar-refractivity contribution >= 4 is 29.3 Å². The minimum absolute atomic E-state index is 0.340. The summed E-state index contributed by atoms with van der Waals surface area (Å²) in [7, 11) is 0. The van der Waals surface area contributed by atoms with Crippen LogP contribution in [0.25, 0.3) is 0 Å². The highest BCUT2D eigenvalue weighted by Gasteiger charge is 2.28. The van der Waals surface area contributed by atoms with E-state index < -0.39 is 0 Å². The lowest BCUT2D eigenvalue weighted by Crippen LogP contribution is -2.21. The highest BCUT2D eigenvalue weighted by Crippen LogP contribution is 2.39. The van der Waals surface area contributed by atoms with E-state index in [1.165, 1.54) is 5.57 Å².